The monoisotopic (exact) mass is 930 g/mol. The van der Waals surface area contributed by atoms with Gasteiger partial charge in [-0.15, -0.1) is 0 Å². The molecule has 0 saturated carbocycles. The molecule has 5 aliphatic rings. The lowest BCUT2D eigenvalue weighted by atomic mass is 9.77. The number of anilines is 2. The molecule has 13 heteroatoms. The van der Waals surface area contributed by atoms with Gasteiger partial charge in [0.1, 0.15) is 0 Å². The second-order valence-electron chi connectivity index (χ2n) is 20.7. The predicted octanol–water partition coefficient (Wildman–Crippen LogP) is 6.82. The molecule has 0 bridgehead atoms. The minimum Gasteiger partial charge on any atom is -0.380 e. The number of carbonyl (C=O) groups excluding carboxylic acids is 4. The average molecular weight is 930 g/mol. The van der Waals surface area contributed by atoms with Crippen LogP contribution in [0.3, 0.4) is 0 Å². The molecule has 0 spiro atoms. The normalized spacial score (nSPS) is 21.7. The van der Waals surface area contributed by atoms with Gasteiger partial charge in [0.05, 0.1) is 28.7 Å². The largest absolute Gasteiger partial charge is 0.380 e. The van der Waals surface area contributed by atoms with Gasteiger partial charge in [0.15, 0.2) is 0 Å². The maximum absolute atomic E-state index is 13.8. The molecule has 4 N–H and O–H groups in total. The molecule has 5 aliphatic heterocycles. The molecule has 360 valence electrons. The summed E-state index contributed by atoms with van der Waals surface area (Å²) >= 11 is 0. The Morgan fingerprint density at radius 1 is 0.870 bits per heavy atom. The second kappa shape index (κ2) is 19.6. The van der Waals surface area contributed by atoms with E-state index in [4.69, 9.17) is 5.10 Å². The first-order chi connectivity index (χ1) is 33.4. The fourth-order valence-electron chi connectivity index (χ4n) is 11.4. The highest BCUT2D eigenvalue weighted by molar-refractivity contribution is 6.05. The highest BCUT2D eigenvalue weighted by Crippen LogP contribution is 2.38. The molecule has 4 amide bonds. The zero-order chi connectivity index (χ0) is 47.8. The van der Waals surface area contributed by atoms with Crippen molar-refractivity contribution in [3.63, 3.8) is 0 Å². The van der Waals surface area contributed by atoms with Gasteiger partial charge in [0.2, 0.25) is 17.7 Å². The van der Waals surface area contributed by atoms with Crippen molar-refractivity contribution in [1.29, 1.82) is 0 Å². The summed E-state index contributed by atoms with van der Waals surface area (Å²) in [5, 5.41) is 20.5. The minimum absolute atomic E-state index is 0.0557. The molecule has 5 aromatic rings. The first-order valence-electron chi connectivity index (χ1n) is 25.4. The number of nitrogens with one attached hydrogen (secondary N) is 4. The summed E-state index contributed by atoms with van der Waals surface area (Å²) in [5.74, 6) is 7.97. The smallest absolute Gasteiger partial charge is 0.252 e. The lowest BCUT2D eigenvalue weighted by Gasteiger charge is -2.39. The highest BCUT2D eigenvalue weighted by atomic mass is 16.2. The van der Waals surface area contributed by atoms with Crippen LogP contribution in [0.25, 0.3) is 21.7 Å². The molecule has 69 heavy (non-hydrogen) atoms. The van der Waals surface area contributed by atoms with E-state index in [9.17, 15) is 19.2 Å². The standard InChI is InChI=1S/C56H67N9O4/c1-36-9-13-42(59-43-33-57-34-43)31-49(36)53(67)58-37(2)45-15-12-40(46-7-5-6-8-47(45)46)11-10-38-18-25-63(26-19-38)35-39-20-27-65(28-21-39)54(68)41-22-29-64(30-23-41)44-14-16-48-50(32-44)62(4)61-52(48)56(3)24-17-51(66)60-55(56)69/h5-9,12-16,31-32,37-39,41,43,57,59H,17-30,33-35H2,1-4H3,(H,58,67)(H,60,66,69)/t37-,56-/m1/s1. The number of nitrogens with zero attached hydrogens (tertiary/aromatic N) is 5. The van der Waals surface area contributed by atoms with Gasteiger partial charge in [-0.2, -0.15) is 5.10 Å². The third kappa shape index (κ3) is 9.71. The number of fused-ring (bicyclic) bond motifs is 2. The number of rotatable bonds is 10. The van der Waals surface area contributed by atoms with E-state index in [2.05, 4.69) is 109 Å². The third-order valence-corrected chi connectivity index (χ3v) is 16.0. The Kier molecular flexibility index (Phi) is 13.2. The molecular formula is C56H67N9O4. The molecule has 13 nitrogen and oxygen atoms in total. The van der Waals surface area contributed by atoms with Gasteiger partial charge in [-0.25, -0.2) is 0 Å². The molecule has 0 aliphatic carbocycles. The van der Waals surface area contributed by atoms with Crippen LogP contribution >= 0.6 is 0 Å². The van der Waals surface area contributed by atoms with Crippen molar-refractivity contribution >= 4 is 56.7 Å². The first kappa shape index (κ1) is 46.5. The lowest BCUT2D eigenvalue weighted by molar-refractivity contribution is -0.138. The van der Waals surface area contributed by atoms with E-state index in [1.807, 2.05) is 43.8 Å². The van der Waals surface area contributed by atoms with Crippen LogP contribution < -0.4 is 26.2 Å². The Hall–Kier alpha value is -6.23. The molecule has 4 aromatic carbocycles. The van der Waals surface area contributed by atoms with Gasteiger partial charge >= 0.3 is 0 Å². The summed E-state index contributed by atoms with van der Waals surface area (Å²) in [6, 6.07) is 25.2. The number of benzene rings is 4. The average Bonchev–Trinajstić information content (AvgIpc) is 3.69. The SMILES string of the molecule is Cc1ccc(NC2CNC2)cc1C(=O)N[C@H](C)c1ccc(C#CC2CCN(CC3CCN(C(=O)C4CCN(c5ccc6c([C@@]7(C)CCC(=O)NC7=O)nn(C)c6c5)CC4)CC3)CC2)c2ccccc12. The maximum atomic E-state index is 13.8. The Morgan fingerprint density at radius 3 is 2.35 bits per heavy atom. The van der Waals surface area contributed by atoms with Crippen molar-refractivity contribution < 1.29 is 19.2 Å². The van der Waals surface area contributed by atoms with E-state index in [1.165, 1.54) is 0 Å². The van der Waals surface area contributed by atoms with Crippen LogP contribution in [0.15, 0.2) is 72.8 Å². The molecule has 2 atom stereocenters. The number of likely N-dealkylation sites (tertiary alicyclic amines) is 2. The molecule has 6 heterocycles. The Morgan fingerprint density at radius 2 is 1.62 bits per heavy atom. The summed E-state index contributed by atoms with van der Waals surface area (Å²) in [6.45, 7) is 14.3. The number of piperidine rings is 4. The number of aromatic nitrogens is 2. The van der Waals surface area contributed by atoms with E-state index >= 15 is 0 Å². The van der Waals surface area contributed by atoms with E-state index in [0.29, 0.717) is 47.9 Å². The van der Waals surface area contributed by atoms with Crippen LogP contribution in [0, 0.1) is 36.5 Å². The van der Waals surface area contributed by atoms with Crippen LogP contribution in [-0.2, 0) is 26.8 Å². The summed E-state index contributed by atoms with van der Waals surface area (Å²) < 4.78 is 1.84. The summed E-state index contributed by atoms with van der Waals surface area (Å²) in [6.07, 6.45) is 6.66. The van der Waals surface area contributed by atoms with Crippen molar-refractivity contribution in [1.82, 2.24) is 35.5 Å². The zero-order valence-corrected chi connectivity index (χ0v) is 40.7. The third-order valence-electron chi connectivity index (χ3n) is 16.0. The van der Waals surface area contributed by atoms with E-state index in [-0.39, 0.29) is 29.7 Å². The van der Waals surface area contributed by atoms with Crippen molar-refractivity contribution in [3.05, 3.63) is 101 Å². The maximum Gasteiger partial charge on any atom is 0.252 e. The molecule has 1 aromatic heterocycles. The summed E-state index contributed by atoms with van der Waals surface area (Å²) in [7, 11) is 1.91. The first-order valence-corrected chi connectivity index (χ1v) is 25.4. The number of carbonyl (C=O) groups is 4. The fourth-order valence-corrected chi connectivity index (χ4v) is 11.4. The molecule has 10 rings (SSSR count). The van der Waals surface area contributed by atoms with Crippen LogP contribution in [0.2, 0.25) is 0 Å². The van der Waals surface area contributed by atoms with Crippen molar-refractivity contribution in [2.24, 2.45) is 24.8 Å². The van der Waals surface area contributed by atoms with Gasteiger partial charge in [-0.05, 0) is 143 Å². The van der Waals surface area contributed by atoms with Crippen LogP contribution in [0.5, 0.6) is 0 Å². The van der Waals surface area contributed by atoms with Crippen molar-refractivity contribution in [3.8, 4) is 11.8 Å². The zero-order valence-electron chi connectivity index (χ0n) is 40.7. The molecule has 5 saturated heterocycles. The minimum atomic E-state index is -0.855. The Labute approximate surface area is 406 Å². The topological polar surface area (TPSA) is 144 Å². The Bertz CT molecular complexity index is 2830. The van der Waals surface area contributed by atoms with Crippen molar-refractivity contribution in [2.45, 2.75) is 89.6 Å². The number of hydrogen-bond donors (Lipinski definition) is 4. The molecule has 0 unspecified atom stereocenters. The number of amides is 4. The van der Waals surface area contributed by atoms with E-state index < -0.39 is 5.41 Å². The predicted molar refractivity (Wildman–Crippen MR) is 272 cm³/mol. The molecule has 0 radical (unpaired) electrons. The van der Waals surface area contributed by atoms with Gasteiger partial charge in [-0.3, -0.25) is 29.2 Å². The van der Waals surface area contributed by atoms with Crippen LogP contribution in [0.1, 0.15) is 104 Å². The van der Waals surface area contributed by atoms with E-state index in [1.54, 1.807) is 0 Å². The Balaban J connectivity index is 0.675. The number of hydrogen-bond acceptors (Lipinski definition) is 9. The summed E-state index contributed by atoms with van der Waals surface area (Å²) in [5.41, 5.74) is 6.64. The second-order valence-corrected chi connectivity index (χ2v) is 20.7. The van der Waals surface area contributed by atoms with Crippen LogP contribution in [-0.4, -0.2) is 108 Å². The number of imide groups is 1. The van der Waals surface area contributed by atoms with Gasteiger partial charge in [0.25, 0.3) is 5.91 Å². The fraction of sp³-hybridized carbons (Fsp3) is 0.482. The summed E-state index contributed by atoms with van der Waals surface area (Å²) in [4.78, 5) is 59.3. The lowest BCUT2D eigenvalue weighted by Crippen LogP contribution is -2.51. The van der Waals surface area contributed by atoms with Gasteiger partial charge in [0, 0.05) is 99.0 Å². The highest BCUT2D eigenvalue weighted by Gasteiger charge is 2.43. The van der Waals surface area contributed by atoms with Gasteiger partial charge in [-0.1, -0.05) is 48.2 Å². The van der Waals surface area contributed by atoms with E-state index in [0.717, 1.165) is 147 Å². The molecular weight excluding hydrogens is 863 g/mol. The van der Waals surface area contributed by atoms with Crippen LogP contribution in [0.4, 0.5) is 11.4 Å². The quantitative estimate of drug-likeness (QED) is 0.0877. The number of aryl methyl sites for hydroxylation is 2. The van der Waals surface area contributed by atoms with Gasteiger partial charge < -0.3 is 30.7 Å². The molecule has 5 fully saturated rings. The van der Waals surface area contributed by atoms with Crippen molar-refractivity contribution in [2.75, 3.05) is 69.1 Å².